The first kappa shape index (κ1) is 40.0. The van der Waals surface area contributed by atoms with Crippen LogP contribution < -0.4 is 29.6 Å². The third-order valence-corrected chi connectivity index (χ3v) is 7.10. The van der Waals surface area contributed by atoms with Gasteiger partial charge in [0.2, 0.25) is 0 Å². The minimum absolute atomic E-state index is 0. The van der Waals surface area contributed by atoms with Crippen molar-refractivity contribution in [3.05, 3.63) is 0 Å². The fraction of sp³-hybridized carbons (Fsp3) is 1.00. The number of nitrogens with zero attached hydrogens (tertiary/aromatic N) is 2. The van der Waals surface area contributed by atoms with E-state index in [0.29, 0.717) is 0 Å². The van der Waals surface area contributed by atoms with Gasteiger partial charge >= 0.3 is 64.7 Å². The van der Waals surface area contributed by atoms with Crippen molar-refractivity contribution in [2.45, 2.75) is 47.6 Å². The molecule has 0 aromatic rings. The zero-order valence-electron chi connectivity index (χ0n) is 19.2. The molecule has 0 amide bonds. The van der Waals surface area contributed by atoms with E-state index in [-0.39, 0.29) is 36.1 Å². The Morgan fingerprint density at radius 2 is 1.13 bits per heavy atom. The molecule has 38 heavy (non-hydrogen) atoms. The van der Waals surface area contributed by atoms with Gasteiger partial charge in [-0.2, -0.15) is 61.4 Å². The van der Waals surface area contributed by atoms with Crippen LogP contribution in [0.4, 0.5) is 57.1 Å². The summed E-state index contributed by atoms with van der Waals surface area (Å²) in [6, 6.07) is 0. The Bertz CT molecular complexity index is 1010. The number of aliphatic hydroxyl groups excluding tert-OH is 1. The number of alkyl halides is 13. The summed E-state index contributed by atoms with van der Waals surface area (Å²) in [5.74, 6) is -34.9. The van der Waals surface area contributed by atoms with Gasteiger partial charge in [-0.15, -0.1) is 0 Å². The van der Waals surface area contributed by atoms with Crippen molar-refractivity contribution in [1.29, 1.82) is 0 Å². The molecule has 0 heterocycles. The van der Waals surface area contributed by atoms with Crippen LogP contribution in [0, 0.1) is 0 Å². The summed E-state index contributed by atoms with van der Waals surface area (Å²) in [7, 11) is -10.4. The van der Waals surface area contributed by atoms with Crippen molar-refractivity contribution >= 4 is 20.1 Å². The average Bonchev–Trinajstić information content (AvgIpc) is 2.63. The van der Waals surface area contributed by atoms with E-state index < -0.39 is 90.9 Å². The standard InChI is InChI=1S/C14H19F13N2O6S2.Na/c1-28(2)4-3-5-29(6-8(30)7-36(31,32)33)37(34,35)14(26,27)12(21,22)10(17,18)9(15,16)11(19,20)13(23,24)25;/h8,30H,3-7H2,1-2H3,(H,31,32,33);/q;+1/p-1. The molecule has 0 aromatic heterocycles. The van der Waals surface area contributed by atoms with Crippen LogP contribution in [0.3, 0.4) is 0 Å². The second kappa shape index (κ2) is 12.4. The molecule has 0 bridgehead atoms. The van der Waals surface area contributed by atoms with Crippen LogP contribution in [0.25, 0.3) is 0 Å². The van der Waals surface area contributed by atoms with Gasteiger partial charge in [0, 0.05) is 13.1 Å². The van der Waals surface area contributed by atoms with E-state index in [1.807, 2.05) is 0 Å². The molecule has 0 aliphatic carbocycles. The Kier molecular flexibility index (Phi) is 13.0. The molecule has 1 atom stereocenters. The Morgan fingerprint density at radius 1 is 0.737 bits per heavy atom. The molecule has 8 nitrogen and oxygen atoms in total. The van der Waals surface area contributed by atoms with E-state index in [9.17, 15) is 83.6 Å². The molecule has 24 heteroatoms. The molecular formula is C14H18F13N2NaO6S2. The van der Waals surface area contributed by atoms with E-state index in [1.54, 1.807) is 0 Å². The van der Waals surface area contributed by atoms with Crippen LogP contribution in [0.1, 0.15) is 6.42 Å². The number of aliphatic hydroxyl groups is 1. The molecule has 0 saturated heterocycles. The quantitative estimate of drug-likeness (QED) is 0.149. The maximum atomic E-state index is 14.3. The van der Waals surface area contributed by atoms with E-state index in [0.717, 1.165) is 0 Å². The second-order valence-corrected chi connectivity index (χ2v) is 11.1. The van der Waals surface area contributed by atoms with Gasteiger partial charge in [0.25, 0.3) is 10.0 Å². The van der Waals surface area contributed by atoms with Crippen LogP contribution in [0.2, 0.25) is 0 Å². The number of hydrogen-bond acceptors (Lipinski definition) is 7. The molecule has 0 aliphatic heterocycles. The minimum Gasteiger partial charge on any atom is -0.748 e. The monoisotopic (exact) mass is 644 g/mol. The van der Waals surface area contributed by atoms with Crippen LogP contribution in [0.15, 0.2) is 0 Å². The summed E-state index contributed by atoms with van der Waals surface area (Å²) >= 11 is 0. The first-order valence-electron chi connectivity index (χ1n) is 9.13. The molecule has 0 aliphatic rings. The van der Waals surface area contributed by atoms with Crippen molar-refractivity contribution < 1.29 is 113 Å². The van der Waals surface area contributed by atoms with Gasteiger partial charge in [0.15, 0.2) is 0 Å². The first-order chi connectivity index (χ1) is 15.9. The molecule has 0 fully saturated rings. The fourth-order valence-corrected chi connectivity index (χ4v) is 4.57. The first-order valence-corrected chi connectivity index (χ1v) is 12.2. The van der Waals surface area contributed by atoms with Gasteiger partial charge in [-0.3, -0.25) is 0 Å². The van der Waals surface area contributed by atoms with Crippen molar-refractivity contribution in [1.82, 2.24) is 9.21 Å². The van der Waals surface area contributed by atoms with Crippen molar-refractivity contribution in [3.8, 4) is 0 Å². The molecule has 224 valence electrons. The third-order valence-electron chi connectivity index (χ3n) is 4.39. The van der Waals surface area contributed by atoms with Crippen molar-refractivity contribution in [2.24, 2.45) is 0 Å². The topological polar surface area (TPSA) is 118 Å². The Labute approximate surface area is 229 Å². The van der Waals surface area contributed by atoms with Crippen LogP contribution >= 0.6 is 0 Å². The fourth-order valence-electron chi connectivity index (χ4n) is 2.48. The SMILES string of the molecule is CN(C)CCCN(CC(O)CS(=O)(=O)[O-])S(=O)(=O)C(F)(F)C(F)(F)C(F)(F)C(F)(F)C(F)(F)C(F)(F)F.[Na+]. The summed E-state index contributed by atoms with van der Waals surface area (Å²) in [6.45, 7) is -3.80. The largest absolute Gasteiger partial charge is 1.00 e. The second-order valence-electron chi connectivity index (χ2n) is 7.71. The summed E-state index contributed by atoms with van der Waals surface area (Å²) in [4.78, 5) is 1.18. The van der Waals surface area contributed by atoms with Crippen LogP contribution in [-0.2, 0) is 20.1 Å². The third kappa shape index (κ3) is 7.76. The molecular weight excluding hydrogens is 626 g/mol. The number of sulfonamides is 1. The molecule has 0 aromatic carbocycles. The van der Waals surface area contributed by atoms with Crippen LogP contribution in [-0.4, -0.2) is 116 Å². The number of halogens is 13. The Hall–Kier alpha value is -0.170. The van der Waals surface area contributed by atoms with Gasteiger partial charge in [0.1, 0.15) is 0 Å². The summed E-state index contributed by atoms with van der Waals surface area (Å²) in [5, 5.41) is 1.89. The summed E-state index contributed by atoms with van der Waals surface area (Å²) in [5.41, 5.74) is 0. The Balaban J connectivity index is 0. The average molecular weight is 644 g/mol. The molecule has 0 radical (unpaired) electrons. The van der Waals surface area contributed by atoms with Gasteiger partial charge in [-0.05, 0) is 27.1 Å². The summed E-state index contributed by atoms with van der Waals surface area (Å²) in [6.07, 6.45) is -11.2. The molecule has 1 unspecified atom stereocenters. The molecule has 0 spiro atoms. The van der Waals surface area contributed by atoms with Gasteiger partial charge in [-0.1, -0.05) is 0 Å². The number of hydrogen-bond donors (Lipinski definition) is 1. The van der Waals surface area contributed by atoms with Crippen molar-refractivity contribution in [3.63, 3.8) is 0 Å². The van der Waals surface area contributed by atoms with Gasteiger partial charge in [-0.25, -0.2) is 16.8 Å². The number of rotatable bonds is 14. The normalized spacial score (nSPS) is 16.1. The Morgan fingerprint density at radius 3 is 1.47 bits per heavy atom. The van der Waals surface area contributed by atoms with E-state index in [2.05, 4.69) is 0 Å². The molecule has 0 saturated carbocycles. The minimum atomic E-state index is -8.39. The maximum Gasteiger partial charge on any atom is 1.00 e. The zero-order chi connectivity index (χ0) is 30.3. The van der Waals surface area contributed by atoms with E-state index in [1.165, 1.54) is 19.0 Å². The zero-order valence-corrected chi connectivity index (χ0v) is 22.9. The maximum absolute atomic E-state index is 14.3. The predicted octanol–water partition coefficient (Wildman–Crippen LogP) is -0.824. The van der Waals surface area contributed by atoms with E-state index >= 15 is 0 Å². The smallest absolute Gasteiger partial charge is 0.748 e. The van der Waals surface area contributed by atoms with Crippen molar-refractivity contribution in [2.75, 3.05) is 39.5 Å². The van der Waals surface area contributed by atoms with E-state index in [4.69, 9.17) is 0 Å². The van der Waals surface area contributed by atoms with Crippen LogP contribution in [0.5, 0.6) is 0 Å². The molecule has 1 N–H and O–H groups in total. The van der Waals surface area contributed by atoms with Gasteiger partial charge < -0.3 is 14.6 Å². The summed E-state index contributed by atoms with van der Waals surface area (Å²) < 4.78 is 228. The molecule has 0 rings (SSSR count). The predicted molar refractivity (Wildman–Crippen MR) is 95.0 cm³/mol. The van der Waals surface area contributed by atoms with Gasteiger partial charge in [0.05, 0.1) is 22.0 Å².